The first kappa shape index (κ1) is 15.4. The first-order valence-corrected chi connectivity index (χ1v) is 8.78. The van der Waals surface area contributed by atoms with E-state index in [1.165, 1.54) is 24.9 Å². The fourth-order valence-corrected chi connectivity index (χ4v) is 3.89. The van der Waals surface area contributed by atoms with E-state index in [1.54, 1.807) is 0 Å². The van der Waals surface area contributed by atoms with Crippen LogP contribution in [0.1, 0.15) is 51.9 Å². The molecule has 3 heteroatoms. The molecular formula is C19H28N2O. The molecule has 3 nitrogen and oxygen atoms in total. The minimum absolute atomic E-state index is 0.132. The van der Waals surface area contributed by atoms with Crippen molar-refractivity contribution in [1.82, 2.24) is 5.32 Å². The maximum Gasteiger partial charge on any atom is 0.226 e. The first-order chi connectivity index (χ1) is 10.7. The number of nitrogens with one attached hydrogen (secondary N) is 1. The van der Waals surface area contributed by atoms with Gasteiger partial charge in [0.25, 0.3) is 0 Å². The molecule has 3 rings (SSSR count). The van der Waals surface area contributed by atoms with E-state index in [4.69, 9.17) is 0 Å². The standard InChI is InChI=1S/C19H28N2O/c1-19(12-6-3-7-13-19)18(22)20-16-9-8-14-21(15-16)17-10-4-2-5-11-17/h2,4-5,10-11,16H,3,6-9,12-15H2,1H3,(H,20,22)/t16-/m0/s1. The molecule has 2 fully saturated rings. The summed E-state index contributed by atoms with van der Waals surface area (Å²) < 4.78 is 0. The average molecular weight is 300 g/mol. The molecule has 0 unspecified atom stereocenters. The summed E-state index contributed by atoms with van der Waals surface area (Å²) in [5.41, 5.74) is 1.14. The summed E-state index contributed by atoms with van der Waals surface area (Å²) in [5, 5.41) is 3.35. The highest BCUT2D eigenvalue weighted by atomic mass is 16.2. The van der Waals surface area contributed by atoms with E-state index in [-0.39, 0.29) is 11.3 Å². The van der Waals surface area contributed by atoms with Crippen LogP contribution in [0.5, 0.6) is 0 Å². The zero-order valence-corrected chi connectivity index (χ0v) is 13.7. The average Bonchev–Trinajstić information content (AvgIpc) is 2.56. The molecule has 1 saturated heterocycles. The van der Waals surface area contributed by atoms with Gasteiger partial charge in [-0.2, -0.15) is 0 Å². The lowest BCUT2D eigenvalue weighted by atomic mass is 9.75. The number of para-hydroxylation sites is 1. The monoisotopic (exact) mass is 300 g/mol. The van der Waals surface area contributed by atoms with Crippen LogP contribution < -0.4 is 10.2 Å². The molecule has 0 bridgehead atoms. The van der Waals surface area contributed by atoms with Gasteiger partial charge in [-0.05, 0) is 37.8 Å². The molecule has 1 atom stereocenters. The van der Waals surface area contributed by atoms with Crippen molar-refractivity contribution >= 4 is 11.6 Å². The zero-order valence-electron chi connectivity index (χ0n) is 13.7. The summed E-state index contributed by atoms with van der Waals surface area (Å²) in [6, 6.07) is 10.8. The van der Waals surface area contributed by atoms with Crippen LogP contribution in [-0.2, 0) is 4.79 Å². The summed E-state index contributed by atoms with van der Waals surface area (Å²) in [5.74, 6) is 0.284. The van der Waals surface area contributed by atoms with Gasteiger partial charge in [0.1, 0.15) is 0 Å². The van der Waals surface area contributed by atoms with Crippen molar-refractivity contribution in [1.29, 1.82) is 0 Å². The Kier molecular flexibility index (Phi) is 4.70. The number of benzene rings is 1. The topological polar surface area (TPSA) is 32.3 Å². The Hall–Kier alpha value is -1.51. The lowest BCUT2D eigenvalue weighted by Crippen LogP contribution is -2.51. The van der Waals surface area contributed by atoms with Crippen LogP contribution in [0.2, 0.25) is 0 Å². The highest BCUT2D eigenvalue weighted by Gasteiger charge is 2.36. The van der Waals surface area contributed by atoms with E-state index in [9.17, 15) is 4.79 Å². The third-order valence-corrected chi connectivity index (χ3v) is 5.38. The van der Waals surface area contributed by atoms with Crippen molar-refractivity contribution in [3.8, 4) is 0 Å². The third-order valence-electron chi connectivity index (χ3n) is 5.38. The zero-order chi connectivity index (χ0) is 15.4. The minimum Gasteiger partial charge on any atom is -0.369 e. The van der Waals surface area contributed by atoms with Gasteiger partial charge in [-0.15, -0.1) is 0 Å². The molecule has 1 aliphatic heterocycles. The quantitative estimate of drug-likeness (QED) is 0.922. The molecule has 1 aromatic carbocycles. The maximum absolute atomic E-state index is 12.7. The molecule has 22 heavy (non-hydrogen) atoms. The molecular weight excluding hydrogens is 272 g/mol. The van der Waals surface area contributed by atoms with Gasteiger partial charge < -0.3 is 10.2 Å². The second-order valence-corrected chi connectivity index (χ2v) is 7.22. The summed E-state index contributed by atoms with van der Waals surface area (Å²) in [4.78, 5) is 15.1. The summed E-state index contributed by atoms with van der Waals surface area (Å²) in [6.45, 7) is 4.18. The highest BCUT2D eigenvalue weighted by Crippen LogP contribution is 2.36. The van der Waals surface area contributed by atoms with Crippen LogP contribution in [0.15, 0.2) is 30.3 Å². The minimum atomic E-state index is -0.132. The SMILES string of the molecule is CC1(C(=O)N[C@H]2CCCN(c3ccccc3)C2)CCCCC1. The number of hydrogen-bond donors (Lipinski definition) is 1. The molecule has 120 valence electrons. The van der Waals surface area contributed by atoms with Crippen molar-refractivity contribution < 1.29 is 4.79 Å². The maximum atomic E-state index is 12.7. The Morgan fingerprint density at radius 1 is 1.14 bits per heavy atom. The molecule has 0 radical (unpaired) electrons. The number of carbonyl (C=O) groups is 1. The summed E-state index contributed by atoms with van der Waals surface area (Å²) in [6.07, 6.45) is 8.03. The Labute approximate surface area is 134 Å². The molecule has 1 N–H and O–H groups in total. The lowest BCUT2D eigenvalue weighted by molar-refractivity contribution is -0.132. The van der Waals surface area contributed by atoms with Gasteiger partial charge in [0.05, 0.1) is 0 Å². The fourth-order valence-electron chi connectivity index (χ4n) is 3.89. The number of hydrogen-bond acceptors (Lipinski definition) is 2. The molecule has 0 spiro atoms. The number of piperidine rings is 1. The van der Waals surface area contributed by atoms with Crippen molar-refractivity contribution in [2.75, 3.05) is 18.0 Å². The number of anilines is 1. The molecule has 1 heterocycles. The van der Waals surface area contributed by atoms with Crippen molar-refractivity contribution in [3.63, 3.8) is 0 Å². The van der Waals surface area contributed by atoms with Crippen LogP contribution in [-0.4, -0.2) is 25.0 Å². The van der Waals surface area contributed by atoms with Crippen molar-refractivity contribution in [3.05, 3.63) is 30.3 Å². The van der Waals surface area contributed by atoms with Gasteiger partial charge in [-0.1, -0.05) is 44.4 Å². The van der Waals surface area contributed by atoms with Gasteiger partial charge in [-0.25, -0.2) is 0 Å². The normalized spacial score (nSPS) is 24.8. The van der Waals surface area contributed by atoms with Crippen LogP contribution in [0.4, 0.5) is 5.69 Å². The van der Waals surface area contributed by atoms with E-state index in [0.29, 0.717) is 6.04 Å². The number of rotatable bonds is 3. The molecule has 0 aromatic heterocycles. The first-order valence-electron chi connectivity index (χ1n) is 8.78. The number of amides is 1. The van der Waals surface area contributed by atoms with Crippen molar-refractivity contribution in [2.24, 2.45) is 5.41 Å². The van der Waals surface area contributed by atoms with Crippen LogP contribution in [0.3, 0.4) is 0 Å². The molecule has 1 saturated carbocycles. The fraction of sp³-hybridized carbons (Fsp3) is 0.632. The van der Waals surface area contributed by atoms with E-state index in [0.717, 1.165) is 38.8 Å². The largest absolute Gasteiger partial charge is 0.369 e. The van der Waals surface area contributed by atoms with Gasteiger partial charge >= 0.3 is 0 Å². The van der Waals surface area contributed by atoms with Gasteiger partial charge in [0.15, 0.2) is 0 Å². The lowest BCUT2D eigenvalue weighted by Gasteiger charge is -2.38. The third kappa shape index (κ3) is 3.45. The van der Waals surface area contributed by atoms with Crippen LogP contribution in [0, 0.1) is 5.41 Å². The number of nitrogens with zero attached hydrogens (tertiary/aromatic N) is 1. The Morgan fingerprint density at radius 2 is 1.86 bits per heavy atom. The molecule has 1 aliphatic carbocycles. The van der Waals surface area contributed by atoms with Crippen LogP contribution >= 0.6 is 0 Å². The van der Waals surface area contributed by atoms with E-state index < -0.39 is 0 Å². The van der Waals surface area contributed by atoms with E-state index >= 15 is 0 Å². The Balaban J connectivity index is 1.59. The second kappa shape index (κ2) is 6.72. The smallest absolute Gasteiger partial charge is 0.226 e. The predicted octanol–water partition coefficient (Wildman–Crippen LogP) is 3.74. The van der Waals surface area contributed by atoms with E-state index in [2.05, 4.69) is 47.5 Å². The Morgan fingerprint density at radius 3 is 2.59 bits per heavy atom. The van der Waals surface area contributed by atoms with Gasteiger partial charge in [0.2, 0.25) is 5.91 Å². The van der Waals surface area contributed by atoms with Crippen LogP contribution in [0.25, 0.3) is 0 Å². The highest BCUT2D eigenvalue weighted by molar-refractivity contribution is 5.82. The van der Waals surface area contributed by atoms with Gasteiger partial charge in [0, 0.05) is 30.2 Å². The Bertz CT molecular complexity index is 493. The summed E-state index contributed by atoms with van der Waals surface area (Å²) >= 11 is 0. The summed E-state index contributed by atoms with van der Waals surface area (Å²) in [7, 11) is 0. The number of carbonyl (C=O) groups excluding carboxylic acids is 1. The van der Waals surface area contributed by atoms with E-state index in [1.807, 2.05) is 0 Å². The van der Waals surface area contributed by atoms with Crippen molar-refractivity contribution in [2.45, 2.75) is 57.9 Å². The molecule has 2 aliphatic rings. The molecule has 1 amide bonds. The predicted molar refractivity (Wildman–Crippen MR) is 91.0 cm³/mol. The van der Waals surface area contributed by atoms with Gasteiger partial charge in [-0.3, -0.25) is 4.79 Å². The second-order valence-electron chi connectivity index (χ2n) is 7.22. The molecule has 1 aromatic rings.